The molecule has 1 aliphatic carbocycles. The SMILES string of the molecule is O=C(Cc1cccc2ccccc12)N/N=C/C1CCCCC1. The summed E-state index contributed by atoms with van der Waals surface area (Å²) in [5, 5.41) is 6.45. The molecule has 0 saturated heterocycles. The summed E-state index contributed by atoms with van der Waals surface area (Å²) < 4.78 is 0. The number of benzene rings is 2. The summed E-state index contributed by atoms with van der Waals surface area (Å²) in [5.74, 6) is 0.481. The molecule has 0 unspecified atom stereocenters. The fourth-order valence-corrected chi connectivity index (χ4v) is 3.16. The average Bonchev–Trinajstić information content (AvgIpc) is 2.56. The van der Waals surface area contributed by atoms with E-state index < -0.39 is 0 Å². The molecule has 0 aliphatic heterocycles. The van der Waals surface area contributed by atoms with Gasteiger partial charge in [0.05, 0.1) is 6.42 Å². The fourth-order valence-electron chi connectivity index (χ4n) is 3.16. The molecule has 1 N–H and O–H groups in total. The van der Waals surface area contributed by atoms with E-state index in [1.807, 2.05) is 30.5 Å². The summed E-state index contributed by atoms with van der Waals surface area (Å²) in [5.41, 5.74) is 3.72. The normalized spacial score (nSPS) is 16.2. The first-order chi connectivity index (χ1) is 10.8. The number of carbonyl (C=O) groups is 1. The lowest BCUT2D eigenvalue weighted by atomic mass is 9.90. The molecule has 0 radical (unpaired) electrons. The van der Waals surface area contributed by atoms with Gasteiger partial charge in [-0.15, -0.1) is 0 Å². The molecule has 3 heteroatoms. The predicted octanol–water partition coefficient (Wildman–Crippen LogP) is 4.06. The van der Waals surface area contributed by atoms with Crippen LogP contribution >= 0.6 is 0 Å². The van der Waals surface area contributed by atoms with Crippen LogP contribution in [0.2, 0.25) is 0 Å². The van der Waals surface area contributed by atoms with Crippen LogP contribution in [0.5, 0.6) is 0 Å². The number of carbonyl (C=O) groups excluding carboxylic acids is 1. The molecule has 0 atom stereocenters. The molecule has 3 nitrogen and oxygen atoms in total. The van der Waals surface area contributed by atoms with Crippen LogP contribution in [0.4, 0.5) is 0 Å². The van der Waals surface area contributed by atoms with E-state index in [1.165, 1.54) is 37.5 Å². The number of amides is 1. The molecule has 0 spiro atoms. The van der Waals surface area contributed by atoms with Gasteiger partial charge >= 0.3 is 0 Å². The second-order valence-corrected chi connectivity index (χ2v) is 6.03. The zero-order valence-electron chi connectivity index (χ0n) is 12.8. The molecule has 2 aromatic carbocycles. The number of hydrogen-bond acceptors (Lipinski definition) is 2. The maximum absolute atomic E-state index is 12.1. The minimum atomic E-state index is -0.0524. The van der Waals surface area contributed by atoms with E-state index >= 15 is 0 Å². The number of hydrogen-bond donors (Lipinski definition) is 1. The van der Waals surface area contributed by atoms with Gasteiger partial charge in [-0.2, -0.15) is 5.10 Å². The Morgan fingerprint density at radius 2 is 1.86 bits per heavy atom. The van der Waals surface area contributed by atoms with Crippen LogP contribution in [0, 0.1) is 5.92 Å². The smallest absolute Gasteiger partial charge is 0.244 e. The highest BCUT2D eigenvalue weighted by molar-refractivity contribution is 5.90. The summed E-state index contributed by atoms with van der Waals surface area (Å²) in [6.07, 6.45) is 8.56. The molecular formula is C19H22N2O. The monoisotopic (exact) mass is 294 g/mol. The summed E-state index contributed by atoms with van der Waals surface area (Å²) in [4.78, 5) is 12.1. The van der Waals surface area contributed by atoms with Gasteiger partial charge in [-0.05, 0) is 35.1 Å². The molecule has 0 bridgehead atoms. The second-order valence-electron chi connectivity index (χ2n) is 6.03. The van der Waals surface area contributed by atoms with Crippen LogP contribution in [0.15, 0.2) is 47.6 Å². The molecule has 1 saturated carbocycles. The molecule has 0 heterocycles. The number of nitrogens with one attached hydrogen (secondary N) is 1. The Morgan fingerprint density at radius 1 is 1.09 bits per heavy atom. The van der Waals surface area contributed by atoms with E-state index in [0.29, 0.717) is 12.3 Å². The minimum Gasteiger partial charge on any atom is -0.273 e. The van der Waals surface area contributed by atoms with Crippen LogP contribution in [-0.2, 0) is 11.2 Å². The highest BCUT2D eigenvalue weighted by atomic mass is 16.2. The van der Waals surface area contributed by atoms with Gasteiger partial charge in [0.2, 0.25) is 5.91 Å². The Hall–Kier alpha value is -2.16. The lowest BCUT2D eigenvalue weighted by molar-refractivity contribution is -0.120. The van der Waals surface area contributed by atoms with Crippen molar-refractivity contribution >= 4 is 22.9 Å². The van der Waals surface area contributed by atoms with Crippen molar-refractivity contribution in [3.05, 3.63) is 48.0 Å². The van der Waals surface area contributed by atoms with E-state index in [0.717, 1.165) is 10.9 Å². The van der Waals surface area contributed by atoms with Gasteiger partial charge in [0.15, 0.2) is 0 Å². The Balaban J connectivity index is 1.60. The first-order valence-electron chi connectivity index (χ1n) is 8.11. The second kappa shape index (κ2) is 7.21. The summed E-state index contributed by atoms with van der Waals surface area (Å²) in [6, 6.07) is 14.2. The van der Waals surface area contributed by atoms with E-state index in [-0.39, 0.29) is 5.91 Å². The van der Waals surface area contributed by atoms with Crippen molar-refractivity contribution < 1.29 is 4.79 Å². The van der Waals surface area contributed by atoms with Crippen molar-refractivity contribution in [1.29, 1.82) is 0 Å². The van der Waals surface area contributed by atoms with Gasteiger partial charge in [0, 0.05) is 6.21 Å². The van der Waals surface area contributed by atoms with Crippen molar-refractivity contribution in [2.24, 2.45) is 11.0 Å². The molecule has 2 aromatic rings. The highest BCUT2D eigenvalue weighted by Gasteiger charge is 2.11. The summed E-state index contributed by atoms with van der Waals surface area (Å²) in [7, 11) is 0. The molecule has 0 aromatic heterocycles. The van der Waals surface area contributed by atoms with Crippen LogP contribution in [0.1, 0.15) is 37.7 Å². The molecule has 1 aliphatic rings. The number of hydrazone groups is 1. The van der Waals surface area contributed by atoms with E-state index in [9.17, 15) is 4.79 Å². The fraction of sp³-hybridized carbons (Fsp3) is 0.368. The van der Waals surface area contributed by atoms with Crippen molar-refractivity contribution in [1.82, 2.24) is 5.43 Å². The third-order valence-electron chi connectivity index (χ3n) is 4.36. The van der Waals surface area contributed by atoms with Gasteiger partial charge in [0.25, 0.3) is 0 Å². The number of fused-ring (bicyclic) bond motifs is 1. The van der Waals surface area contributed by atoms with Gasteiger partial charge in [-0.1, -0.05) is 61.7 Å². The predicted molar refractivity (Wildman–Crippen MR) is 90.9 cm³/mol. The third-order valence-corrected chi connectivity index (χ3v) is 4.36. The average molecular weight is 294 g/mol. The Bertz CT molecular complexity index is 667. The Labute approximate surface area is 131 Å². The first-order valence-corrected chi connectivity index (χ1v) is 8.11. The topological polar surface area (TPSA) is 41.5 Å². The first kappa shape index (κ1) is 14.8. The molecule has 114 valence electrons. The van der Waals surface area contributed by atoms with Gasteiger partial charge in [-0.3, -0.25) is 4.79 Å². The lowest BCUT2D eigenvalue weighted by Gasteiger charge is -2.16. The van der Waals surface area contributed by atoms with Crippen molar-refractivity contribution in [3.63, 3.8) is 0 Å². The lowest BCUT2D eigenvalue weighted by Crippen LogP contribution is -2.21. The van der Waals surface area contributed by atoms with Gasteiger partial charge < -0.3 is 0 Å². The van der Waals surface area contributed by atoms with Crippen LogP contribution in [0.25, 0.3) is 10.8 Å². The highest BCUT2D eigenvalue weighted by Crippen LogP contribution is 2.22. The Kier molecular flexibility index (Phi) is 4.84. The zero-order valence-corrected chi connectivity index (χ0v) is 12.8. The maximum Gasteiger partial charge on any atom is 0.244 e. The van der Waals surface area contributed by atoms with Gasteiger partial charge in [-0.25, -0.2) is 5.43 Å². The summed E-state index contributed by atoms with van der Waals surface area (Å²) in [6.45, 7) is 0. The van der Waals surface area contributed by atoms with E-state index in [4.69, 9.17) is 0 Å². The molecule has 22 heavy (non-hydrogen) atoms. The molecule has 1 amide bonds. The molecule has 1 fully saturated rings. The number of nitrogens with zero attached hydrogens (tertiary/aromatic N) is 1. The standard InChI is InChI=1S/C19H22N2O/c22-19(21-20-14-15-7-2-1-3-8-15)13-17-11-6-10-16-9-4-5-12-18(16)17/h4-6,9-12,14-15H,1-3,7-8,13H2,(H,21,22)/b20-14+. The van der Waals surface area contributed by atoms with Crippen molar-refractivity contribution in [2.45, 2.75) is 38.5 Å². The van der Waals surface area contributed by atoms with Crippen LogP contribution in [-0.4, -0.2) is 12.1 Å². The number of rotatable bonds is 4. The van der Waals surface area contributed by atoms with Gasteiger partial charge in [0.1, 0.15) is 0 Å². The molecule has 3 rings (SSSR count). The minimum absolute atomic E-state index is 0.0524. The maximum atomic E-state index is 12.1. The Morgan fingerprint density at radius 3 is 2.73 bits per heavy atom. The van der Waals surface area contributed by atoms with Crippen molar-refractivity contribution in [3.8, 4) is 0 Å². The van der Waals surface area contributed by atoms with Crippen molar-refractivity contribution in [2.75, 3.05) is 0 Å². The van der Waals surface area contributed by atoms with Crippen LogP contribution in [0.3, 0.4) is 0 Å². The van der Waals surface area contributed by atoms with E-state index in [1.54, 1.807) is 0 Å². The zero-order chi connectivity index (χ0) is 15.2. The third kappa shape index (κ3) is 3.73. The summed E-state index contributed by atoms with van der Waals surface area (Å²) >= 11 is 0. The van der Waals surface area contributed by atoms with Crippen LogP contribution < -0.4 is 5.43 Å². The largest absolute Gasteiger partial charge is 0.273 e. The molecular weight excluding hydrogens is 272 g/mol. The van der Waals surface area contributed by atoms with E-state index in [2.05, 4.69) is 28.7 Å². The quantitative estimate of drug-likeness (QED) is 0.670.